The van der Waals surface area contributed by atoms with Crippen LogP contribution in [0, 0.1) is 0 Å². The molecule has 2 aromatic carbocycles. The first-order valence-corrected chi connectivity index (χ1v) is 11.0. The summed E-state index contributed by atoms with van der Waals surface area (Å²) in [6, 6.07) is 11.1. The molecule has 1 aliphatic rings. The van der Waals surface area contributed by atoms with E-state index in [0.29, 0.717) is 48.7 Å². The van der Waals surface area contributed by atoms with Crippen molar-refractivity contribution in [3.8, 4) is 17.2 Å². The predicted molar refractivity (Wildman–Crippen MR) is 112 cm³/mol. The van der Waals surface area contributed by atoms with E-state index in [1.54, 1.807) is 35.2 Å². The normalized spacial score (nSPS) is 15.0. The first-order valence-electron chi connectivity index (χ1n) is 9.55. The molecule has 8 nitrogen and oxygen atoms in total. The third-order valence-electron chi connectivity index (χ3n) is 5.10. The van der Waals surface area contributed by atoms with Crippen molar-refractivity contribution >= 4 is 15.9 Å². The van der Waals surface area contributed by atoms with E-state index in [0.717, 1.165) is 0 Å². The molecule has 30 heavy (non-hydrogen) atoms. The third kappa shape index (κ3) is 4.85. The van der Waals surface area contributed by atoms with Gasteiger partial charge >= 0.3 is 0 Å². The molecule has 0 aliphatic carbocycles. The Balaban J connectivity index is 1.60. The number of nitrogens with one attached hydrogen (secondary N) is 1. The standard InChI is InChI=1S/C21H26N2O6S/c1-27-17-5-7-18(8-6-17)30(25,26)22-16-10-12-23(13-11-16)21(24)15-4-9-19(28-2)20(14-15)29-3/h4-9,14,16,22H,10-13H2,1-3H3. The molecule has 162 valence electrons. The van der Waals surface area contributed by atoms with Crippen LogP contribution in [-0.2, 0) is 10.0 Å². The molecule has 2 aromatic rings. The van der Waals surface area contributed by atoms with Crippen LogP contribution in [0.4, 0.5) is 0 Å². The van der Waals surface area contributed by atoms with Crippen LogP contribution in [-0.4, -0.2) is 59.7 Å². The van der Waals surface area contributed by atoms with E-state index in [-0.39, 0.29) is 16.8 Å². The van der Waals surface area contributed by atoms with Crippen LogP contribution in [0.15, 0.2) is 47.4 Å². The van der Waals surface area contributed by atoms with Gasteiger partial charge in [0.1, 0.15) is 5.75 Å². The Morgan fingerprint density at radius 3 is 2.13 bits per heavy atom. The van der Waals surface area contributed by atoms with E-state index in [1.807, 2.05) is 0 Å². The lowest BCUT2D eigenvalue weighted by molar-refractivity contribution is 0.0711. The summed E-state index contributed by atoms with van der Waals surface area (Å²) in [4.78, 5) is 14.7. The number of rotatable bonds is 7. The zero-order chi connectivity index (χ0) is 21.7. The molecule has 1 fully saturated rings. The Morgan fingerprint density at radius 2 is 1.57 bits per heavy atom. The Hall–Kier alpha value is -2.78. The molecular weight excluding hydrogens is 408 g/mol. The van der Waals surface area contributed by atoms with Crippen molar-refractivity contribution in [2.24, 2.45) is 0 Å². The molecule has 0 saturated carbocycles. The molecule has 0 aromatic heterocycles. The van der Waals surface area contributed by atoms with Crippen molar-refractivity contribution in [2.45, 2.75) is 23.8 Å². The van der Waals surface area contributed by atoms with Gasteiger partial charge in [0.05, 0.1) is 26.2 Å². The van der Waals surface area contributed by atoms with Crippen molar-refractivity contribution in [1.82, 2.24) is 9.62 Å². The number of methoxy groups -OCH3 is 3. The Morgan fingerprint density at radius 1 is 0.933 bits per heavy atom. The van der Waals surface area contributed by atoms with E-state index in [9.17, 15) is 13.2 Å². The molecule has 1 N–H and O–H groups in total. The van der Waals surface area contributed by atoms with Gasteiger partial charge in [-0.3, -0.25) is 4.79 Å². The fourth-order valence-corrected chi connectivity index (χ4v) is 4.70. The number of likely N-dealkylation sites (tertiary alicyclic amines) is 1. The summed E-state index contributed by atoms with van der Waals surface area (Å²) in [5.41, 5.74) is 0.505. The largest absolute Gasteiger partial charge is 0.497 e. The number of benzene rings is 2. The number of hydrogen-bond donors (Lipinski definition) is 1. The van der Waals surface area contributed by atoms with Crippen LogP contribution < -0.4 is 18.9 Å². The van der Waals surface area contributed by atoms with E-state index in [2.05, 4.69) is 4.72 Å². The maximum absolute atomic E-state index is 12.8. The lowest BCUT2D eigenvalue weighted by Gasteiger charge is -2.32. The van der Waals surface area contributed by atoms with Gasteiger partial charge in [-0.05, 0) is 55.3 Å². The SMILES string of the molecule is COc1ccc(S(=O)(=O)NC2CCN(C(=O)c3ccc(OC)c(OC)c3)CC2)cc1. The van der Waals surface area contributed by atoms with Gasteiger partial charge in [-0.2, -0.15) is 0 Å². The fourth-order valence-electron chi connectivity index (χ4n) is 3.39. The van der Waals surface area contributed by atoms with Crippen LogP contribution in [0.3, 0.4) is 0 Å². The number of nitrogens with zero attached hydrogens (tertiary/aromatic N) is 1. The molecule has 1 heterocycles. The monoisotopic (exact) mass is 434 g/mol. The maximum Gasteiger partial charge on any atom is 0.253 e. The minimum atomic E-state index is -3.63. The number of amides is 1. The van der Waals surface area contributed by atoms with Crippen LogP contribution in [0.2, 0.25) is 0 Å². The molecule has 9 heteroatoms. The van der Waals surface area contributed by atoms with Crippen molar-refractivity contribution in [3.05, 3.63) is 48.0 Å². The molecule has 0 bridgehead atoms. The van der Waals surface area contributed by atoms with E-state index >= 15 is 0 Å². The van der Waals surface area contributed by atoms with Gasteiger partial charge in [0.25, 0.3) is 5.91 Å². The summed E-state index contributed by atoms with van der Waals surface area (Å²) in [6.45, 7) is 0.923. The van der Waals surface area contributed by atoms with Crippen LogP contribution >= 0.6 is 0 Å². The van der Waals surface area contributed by atoms with E-state index < -0.39 is 10.0 Å². The van der Waals surface area contributed by atoms with Crippen molar-refractivity contribution < 1.29 is 27.4 Å². The highest BCUT2D eigenvalue weighted by molar-refractivity contribution is 7.89. The van der Waals surface area contributed by atoms with Crippen molar-refractivity contribution in [3.63, 3.8) is 0 Å². The first-order chi connectivity index (χ1) is 14.4. The van der Waals surface area contributed by atoms with Gasteiger partial charge in [-0.1, -0.05) is 0 Å². The highest BCUT2D eigenvalue weighted by atomic mass is 32.2. The van der Waals surface area contributed by atoms with Gasteiger partial charge in [-0.25, -0.2) is 13.1 Å². The van der Waals surface area contributed by atoms with Crippen LogP contribution in [0.5, 0.6) is 17.2 Å². The lowest BCUT2D eigenvalue weighted by Crippen LogP contribution is -2.46. The minimum absolute atomic E-state index is 0.118. The summed E-state index contributed by atoms with van der Waals surface area (Å²) < 4.78 is 43.5. The van der Waals surface area contributed by atoms with Crippen molar-refractivity contribution in [2.75, 3.05) is 34.4 Å². The molecule has 0 unspecified atom stereocenters. The quantitative estimate of drug-likeness (QED) is 0.719. The second kappa shape index (κ2) is 9.36. The topological polar surface area (TPSA) is 94.2 Å². The van der Waals surface area contributed by atoms with E-state index in [1.165, 1.54) is 33.5 Å². The van der Waals surface area contributed by atoms with Crippen LogP contribution in [0.25, 0.3) is 0 Å². The fraction of sp³-hybridized carbons (Fsp3) is 0.381. The van der Waals surface area contributed by atoms with Crippen molar-refractivity contribution in [1.29, 1.82) is 0 Å². The molecule has 0 radical (unpaired) electrons. The van der Waals surface area contributed by atoms with Gasteiger partial charge in [0.15, 0.2) is 11.5 Å². The average molecular weight is 435 g/mol. The molecule has 0 atom stereocenters. The van der Waals surface area contributed by atoms with Gasteiger partial charge in [0, 0.05) is 24.7 Å². The second-order valence-corrected chi connectivity index (χ2v) is 8.65. The number of piperidine rings is 1. The minimum Gasteiger partial charge on any atom is -0.497 e. The molecule has 3 rings (SSSR count). The average Bonchev–Trinajstić information content (AvgIpc) is 2.78. The zero-order valence-corrected chi connectivity index (χ0v) is 18.1. The number of hydrogen-bond acceptors (Lipinski definition) is 6. The third-order valence-corrected chi connectivity index (χ3v) is 6.64. The molecule has 0 spiro atoms. The van der Waals surface area contributed by atoms with Crippen LogP contribution in [0.1, 0.15) is 23.2 Å². The van der Waals surface area contributed by atoms with Gasteiger partial charge < -0.3 is 19.1 Å². The smallest absolute Gasteiger partial charge is 0.253 e. The predicted octanol–water partition coefficient (Wildman–Crippen LogP) is 2.30. The number of ether oxygens (including phenoxy) is 3. The van der Waals surface area contributed by atoms with Gasteiger partial charge in [0.2, 0.25) is 10.0 Å². The summed E-state index contributed by atoms with van der Waals surface area (Å²) in [6.07, 6.45) is 1.07. The Bertz CT molecular complexity index is 983. The second-order valence-electron chi connectivity index (χ2n) is 6.93. The molecular formula is C21H26N2O6S. The maximum atomic E-state index is 12.8. The number of carbonyl (C=O) groups is 1. The Kier molecular flexibility index (Phi) is 6.84. The summed E-state index contributed by atoms with van der Waals surface area (Å²) in [5, 5.41) is 0. The highest BCUT2D eigenvalue weighted by Crippen LogP contribution is 2.28. The Labute approximate surface area is 176 Å². The number of sulfonamides is 1. The molecule has 1 saturated heterocycles. The highest BCUT2D eigenvalue weighted by Gasteiger charge is 2.27. The van der Waals surface area contributed by atoms with Gasteiger partial charge in [-0.15, -0.1) is 0 Å². The van der Waals surface area contributed by atoms with E-state index in [4.69, 9.17) is 14.2 Å². The molecule has 1 amide bonds. The summed E-state index contributed by atoms with van der Waals surface area (Å²) >= 11 is 0. The molecule has 1 aliphatic heterocycles. The first kappa shape index (κ1) is 21.9. The summed E-state index contributed by atoms with van der Waals surface area (Å²) in [7, 11) is 0.955. The zero-order valence-electron chi connectivity index (χ0n) is 17.3. The number of carbonyl (C=O) groups excluding carboxylic acids is 1. The lowest BCUT2D eigenvalue weighted by atomic mass is 10.0. The summed E-state index contributed by atoms with van der Waals surface area (Å²) in [5.74, 6) is 1.52.